The number of nitrogens with two attached hydrogens (primary N) is 1. The van der Waals surface area contributed by atoms with Crippen molar-refractivity contribution in [2.45, 2.75) is 36.1 Å². The molecular formula is C15H19N3S. The third-order valence-corrected chi connectivity index (χ3v) is 3.76. The molecule has 1 aromatic heterocycles. The number of hydrazine groups is 1. The van der Waals surface area contributed by atoms with Gasteiger partial charge in [0.15, 0.2) is 0 Å². The summed E-state index contributed by atoms with van der Waals surface area (Å²) in [4.78, 5) is 5.56. The van der Waals surface area contributed by atoms with Crippen molar-refractivity contribution < 1.29 is 0 Å². The van der Waals surface area contributed by atoms with Crippen LogP contribution in [0.5, 0.6) is 0 Å². The molecular weight excluding hydrogens is 254 g/mol. The summed E-state index contributed by atoms with van der Waals surface area (Å²) in [6.45, 7) is 6.65. The molecule has 19 heavy (non-hydrogen) atoms. The van der Waals surface area contributed by atoms with Crippen molar-refractivity contribution in [3.8, 4) is 0 Å². The van der Waals surface area contributed by atoms with E-state index in [1.165, 1.54) is 10.5 Å². The van der Waals surface area contributed by atoms with E-state index in [1.54, 1.807) is 11.8 Å². The second kappa shape index (κ2) is 5.63. The number of hydrogen-bond acceptors (Lipinski definition) is 4. The Hall–Kier alpha value is -1.52. The Morgan fingerprint density at radius 2 is 1.74 bits per heavy atom. The van der Waals surface area contributed by atoms with Crippen LogP contribution in [0, 0.1) is 0 Å². The van der Waals surface area contributed by atoms with Crippen LogP contribution in [0.25, 0.3) is 0 Å². The normalized spacial score (nSPS) is 11.4. The SMILES string of the molecule is CC(C)(C)c1ccc(Sc2cccc(NN)n2)cc1. The molecule has 1 heterocycles. The van der Waals surface area contributed by atoms with Gasteiger partial charge in [-0.25, -0.2) is 10.8 Å². The maximum absolute atomic E-state index is 5.36. The maximum Gasteiger partial charge on any atom is 0.141 e. The molecule has 0 atom stereocenters. The van der Waals surface area contributed by atoms with Crippen LogP contribution >= 0.6 is 11.8 Å². The molecule has 0 saturated heterocycles. The standard InChI is InChI=1S/C15H19N3S/c1-15(2,3)11-7-9-12(10-8-11)19-14-6-4-5-13(17-14)18-16/h4-10H,16H2,1-3H3,(H,17,18). The quantitative estimate of drug-likeness (QED) is 0.659. The van der Waals surface area contributed by atoms with Crippen LogP contribution in [0.2, 0.25) is 0 Å². The van der Waals surface area contributed by atoms with Crippen LogP contribution in [0.3, 0.4) is 0 Å². The number of aromatic nitrogens is 1. The number of pyridine rings is 1. The first-order valence-corrected chi connectivity index (χ1v) is 7.03. The highest BCUT2D eigenvalue weighted by molar-refractivity contribution is 7.99. The highest BCUT2D eigenvalue weighted by Gasteiger charge is 2.13. The molecule has 0 bridgehead atoms. The van der Waals surface area contributed by atoms with Gasteiger partial charge in [0.1, 0.15) is 10.8 Å². The van der Waals surface area contributed by atoms with Gasteiger partial charge in [-0.2, -0.15) is 0 Å². The number of nitrogen functional groups attached to an aromatic ring is 1. The Labute approximate surface area is 118 Å². The monoisotopic (exact) mass is 273 g/mol. The van der Waals surface area contributed by atoms with Crippen molar-refractivity contribution in [1.82, 2.24) is 4.98 Å². The van der Waals surface area contributed by atoms with Gasteiger partial charge in [0.2, 0.25) is 0 Å². The summed E-state index contributed by atoms with van der Waals surface area (Å²) in [5.41, 5.74) is 4.08. The van der Waals surface area contributed by atoms with Crippen LogP contribution in [-0.2, 0) is 5.41 Å². The molecule has 0 aliphatic carbocycles. The summed E-state index contributed by atoms with van der Waals surface area (Å²) in [6.07, 6.45) is 0. The first kappa shape index (κ1) is 13.9. The zero-order chi connectivity index (χ0) is 13.9. The van der Waals surface area contributed by atoms with E-state index in [-0.39, 0.29) is 5.41 Å². The second-order valence-electron chi connectivity index (χ2n) is 5.38. The fraction of sp³-hybridized carbons (Fsp3) is 0.267. The third kappa shape index (κ3) is 3.72. The number of rotatable bonds is 3. The molecule has 2 rings (SSSR count). The van der Waals surface area contributed by atoms with Crippen molar-refractivity contribution in [3.05, 3.63) is 48.0 Å². The summed E-state index contributed by atoms with van der Waals surface area (Å²) < 4.78 is 0. The Bertz CT molecular complexity index is 544. The smallest absolute Gasteiger partial charge is 0.141 e. The van der Waals surface area contributed by atoms with Gasteiger partial charge in [-0.15, -0.1) is 0 Å². The maximum atomic E-state index is 5.36. The fourth-order valence-corrected chi connectivity index (χ4v) is 2.50. The van der Waals surface area contributed by atoms with Crippen LogP contribution in [0.4, 0.5) is 5.82 Å². The molecule has 0 fully saturated rings. The topological polar surface area (TPSA) is 50.9 Å². The van der Waals surface area contributed by atoms with Gasteiger partial charge >= 0.3 is 0 Å². The highest BCUT2D eigenvalue weighted by atomic mass is 32.2. The number of anilines is 1. The summed E-state index contributed by atoms with van der Waals surface area (Å²) in [6, 6.07) is 14.4. The first-order valence-electron chi connectivity index (χ1n) is 6.21. The largest absolute Gasteiger partial charge is 0.308 e. The van der Waals surface area contributed by atoms with Gasteiger partial charge in [0, 0.05) is 4.90 Å². The number of benzene rings is 1. The molecule has 3 nitrogen and oxygen atoms in total. The van der Waals surface area contributed by atoms with E-state index in [0.29, 0.717) is 5.82 Å². The molecule has 0 radical (unpaired) electrons. The van der Waals surface area contributed by atoms with E-state index in [1.807, 2.05) is 18.2 Å². The average molecular weight is 273 g/mol. The number of nitrogens with one attached hydrogen (secondary N) is 1. The van der Waals surface area contributed by atoms with Crippen molar-refractivity contribution in [3.63, 3.8) is 0 Å². The Kier molecular flexibility index (Phi) is 4.12. The van der Waals surface area contributed by atoms with Gasteiger partial charge in [-0.1, -0.05) is 50.7 Å². The fourth-order valence-electron chi connectivity index (χ4n) is 1.70. The lowest BCUT2D eigenvalue weighted by Gasteiger charge is -2.19. The lowest BCUT2D eigenvalue weighted by molar-refractivity contribution is 0.590. The first-order chi connectivity index (χ1) is 8.99. The zero-order valence-corrected chi connectivity index (χ0v) is 12.3. The van der Waals surface area contributed by atoms with Crippen molar-refractivity contribution in [1.29, 1.82) is 0 Å². The molecule has 0 saturated carbocycles. The van der Waals surface area contributed by atoms with Crippen LogP contribution < -0.4 is 11.3 Å². The molecule has 0 spiro atoms. The highest BCUT2D eigenvalue weighted by Crippen LogP contribution is 2.29. The van der Waals surface area contributed by atoms with E-state index in [4.69, 9.17) is 5.84 Å². The lowest BCUT2D eigenvalue weighted by atomic mass is 9.87. The molecule has 0 aliphatic rings. The molecule has 100 valence electrons. The minimum absolute atomic E-state index is 0.185. The molecule has 4 heteroatoms. The van der Waals surface area contributed by atoms with Crippen LogP contribution in [0.1, 0.15) is 26.3 Å². The van der Waals surface area contributed by atoms with E-state index in [2.05, 4.69) is 55.4 Å². The van der Waals surface area contributed by atoms with Crippen molar-refractivity contribution in [2.24, 2.45) is 5.84 Å². The molecule has 2 aromatic rings. The average Bonchev–Trinajstić information content (AvgIpc) is 2.38. The predicted octanol–water partition coefficient (Wildman–Crippen LogP) is 3.82. The third-order valence-electron chi connectivity index (χ3n) is 2.81. The number of hydrogen-bond donors (Lipinski definition) is 2. The van der Waals surface area contributed by atoms with Gasteiger partial charge in [-0.05, 0) is 35.2 Å². The van der Waals surface area contributed by atoms with E-state index < -0.39 is 0 Å². The van der Waals surface area contributed by atoms with Crippen LogP contribution in [0.15, 0.2) is 52.4 Å². The second-order valence-corrected chi connectivity index (χ2v) is 6.48. The van der Waals surface area contributed by atoms with Crippen molar-refractivity contribution in [2.75, 3.05) is 5.43 Å². The van der Waals surface area contributed by atoms with Gasteiger partial charge in [0.05, 0.1) is 0 Å². The van der Waals surface area contributed by atoms with Gasteiger partial charge in [0.25, 0.3) is 0 Å². The summed E-state index contributed by atoms with van der Waals surface area (Å²) in [5.74, 6) is 6.04. The van der Waals surface area contributed by atoms with E-state index in [9.17, 15) is 0 Å². The molecule has 1 aromatic carbocycles. The summed E-state index contributed by atoms with van der Waals surface area (Å²) >= 11 is 1.63. The molecule has 0 amide bonds. The Morgan fingerprint density at radius 3 is 2.32 bits per heavy atom. The number of nitrogens with zero attached hydrogens (tertiary/aromatic N) is 1. The van der Waals surface area contributed by atoms with E-state index in [0.717, 1.165) is 5.03 Å². The van der Waals surface area contributed by atoms with Crippen molar-refractivity contribution >= 4 is 17.6 Å². The minimum Gasteiger partial charge on any atom is -0.308 e. The lowest BCUT2D eigenvalue weighted by Crippen LogP contribution is -2.10. The van der Waals surface area contributed by atoms with E-state index >= 15 is 0 Å². The Morgan fingerprint density at radius 1 is 1.05 bits per heavy atom. The molecule has 0 unspecified atom stereocenters. The Balaban J connectivity index is 2.15. The predicted molar refractivity (Wildman–Crippen MR) is 81.3 cm³/mol. The zero-order valence-electron chi connectivity index (χ0n) is 11.5. The van der Waals surface area contributed by atoms with Crippen LogP contribution in [-0.4, -0.2) is 4.98 Å². The molecule has 0 aliphatic heterocycles. The van der Waals surface area contributed by atoms with Gasteiger partial charge < -0.3 is 5.43 Å². The summed E-state index contributed by atoms with van der Waals surface area (Å²) in [7, 11) is 0. The van der Waals surface area contributed by atoms with Gasteiger partial charge in [-0.3, -0.25) is 0 Å². The minimum atomic E-state index is 0.185. The summed E-state index contributed by atoms with van der Waals surface area (Å²) in [5, 5.41) is 0.930. The molecule has 3 N–H and O–H groups in total.